The summed E-state index contributed by atoms with van der Waals surface area (Å²) < 4.78 is 0. The highest BCUT2D eigenvalue weighted by atomic mass is 16.4. The van der Waals surface area contributed by atoms with E-state index in [0.29, 0.717) is 18.3 Å². The zero-order valence-corrected chi connectivity index (χ0v) is 12.6. The standard InChI is InChI=1S/C17H28O2/c1-17(2,3)14(9-15(18)19)16-12-5-10-4-11(7-12)8-13(16)6-10/h10-14,16H,4-9H2,1-3H3,(H,18,19). The van der Waals surface area contributed by atoms with Gasteiger partial charge in [-0.15, -0.1) is 0 Å². The first-order valence-corrected chi connectivity index (χ1v) is 8.06. The van der Waals surface area contributed by atoms with Gasteiger partial charge in [0.2, 0.25) is 0 Å². The highest BCUT2D eigenvalue weighted by Gasteiger charge is 2.52. The van der Waals surface area contributed by atoms with Crippen LogP contribution in [0.3, 0.4) is 0 Å². The molecule has 0 aromatic rings. The predicted octanol–water partition coefficient (Wildman–Crippen LogP) is 4.20. The van der Waals surface area contributed by atoms with Gasteiger partial charge < -0.3 is 5.11 Å². The number of carboxylic acid groups (broad SMARTS) is 1. The zero-order valence-electron chi connectivity index (χ0n) is 12.6. The Kier molecular flexibility index (Phi) is 3.18. The summed E-state index contributed by atoms with van der Waals surface area (Å²) in [5.74, 6) is 4.06. The van der Waals surface area contributed by atoms with Crippen LogP contribution in [0, 0.1) is 40.9 Å². The average molecular weight is 264 g/mol. The molecule has 0 heterocycles. The summed E-state index contributed by atoms with van der Waals surface area (Å²) in [6.45, 7) is 6.73. The maximum absolute atomic E-state index is 11.3. The number of hydrogen-bond acceptors (Lipinski definition) is 1. The Balaban J connectivity index is 1.84. The van der Waals surface area contributed by atoms with Gasteiger partial charge in [-0.05, 0) is 73.0 Å². The fourth-order valence-electron chi connectivity index (χ4n) is 5.83. The Morgan fingerprint density at radius 2 is 1.53 bits per heavy atom. The van der Waals surface area contributed by atoms with E-state index in [9.17, 15) is 9.90 Å². The lowest BCUT2D eigenvalue weighted by atomic mass is 9.47. The molecule has 0 saturated heterocycles. The molecule has 4 bridgehead atoms. The molecule has 0 radical (unpaired) electrons. The van der Waals surface area contributed by atoms with Crippen molar-refractivity contribution < 1.29 is 9.90 Å². The molecule has 1 N–H and O–H groups in total. The van der Waals surface area contributed by atoms with Crippen LogP contribution in [-0.2, 0) is 4.79 Å². The maximum atomic E-state index is 11.3. The van der Waals surface area contributed by atoms with E-state index in [-0.39, 0.29) is 5.41 Å². The van der Waals surface area contributed by atoms with E-state index in [1.165, 1.54) is 32.1 Å². The zero-order chi connectivity index (χ0) is 13.8. The Labute approximate surface area is 117 Å². The van der Waals surface area contributed by atoms with Gasteiger partial charge >= 0.3 is 5.97 Å². The second-order valence-corrected chi connectivity index (χ2v) is 8.58. The van der Waals surface area contributed by atoms with Crippen LogP contribution < -0.4 is 0 Å². The summed E-state index contributed by atoms with van der Waals surface area (Å²) in [7, 11) is 0. The van der Waals surface area contributed by atoms with Crippen LogP contribution in [0.4, 0.5) is 0 Å². The van der Waals surface area contributed by atoms with E-state index in [1.807, 2.05) is 0 Å². The Bertz CT molecular complexity index is 338. The fraction of sp³-hybridized carbons (Fsp3) is 0.941. The lowest BCUT2D eigenvalue weighted by Crippen LogP contribution is -2.50. The monoisotopic (exact) mass is 264 g/mol. The molecule has 0 aromatic carbocycles. The van der Waals surface area contributed by atoms with Crippen molar-refractivity contribution in [3.05, 3.63) is 0 Å². The molecule has 4 aliphatic rings. The summed E-state index contributed by atoms with van der Waals surface area (Å²) in [4.78, 5) is 11.3. The van der Waals surface area contributed by atoms with Gasteiger partial charge in [-0.25, -0.2) is 0 Å². The van der Waals surface area contributed by atoms with Gasteiger partial charge in [-0.3, -0.25) is 4.79 Å². The van der Waals surface area contributed by atoms with Crippen molar-refractivity contribution in [1.82, 2.24) is 0 Å². The van der Waals surface area contributed by atoms with Crippen LogP contribution >= 0.6 is 0 Å². The Morgan fingerprint density at radius 1 is 1.05 bits per heavy atom. The van der Waals surface area contributed by atoms with Gasteiger partial charge in [0.05, 0.1) is 0 Å². The van der Waals surface area contributed by atoms with Crippen molar-refractivity contribution in [2.75, 3.05) is 0 Å². The van der Waals surface area contributed by atoms with Crippen LogP contribution in [0.5, 0.6) is 0 Å². The molecule has 4 fully saturated rings. The minimum atomic E-state index is -0.603. The van der Waals surface area contributed by atoms with Crippen LogP contribution in [0.2, 0.25) is 0 Å². The van der Waals surface area contributed by atoms with E-state index in [1.54, 1.807) is 0 Å². The first-order valence-electron chi connectivity index (χ1n) is 8.06. The fourth-order valence-corrected chi connectivity index (χ4v) is 5.83. The summed E-state index contributed by atoms with van der Waals surface area (Å²) in [5, 5.41) is 9.30. The Hall–Kier alpha value is -0.530. The van der Waals surface area contributed by atoms with Crippen molar-refractivity contribution >= 4 is 5.97 Å². The molecular formula is C17H28O2. The highest BCUT2D eigenvalue weighted by molar-refractivity contribution is 5.67. The van der Waals surface area contributed by atoms with Crippen molar-refractivity contribution in [2.24, 2.45) is 40.9 Å². The molecule has 0 aromatic heterocycles. The van der Waals surface area contributed by atoms with Gasteiger partial charge in [-0.1, -0.05) is 20.8 Å². The smallest absolute Gasteiger partial charge is 0.303 e. The van der Waals surface area contributed by atoms with Gasteiger partial charge in [0.15, 0.2) is 0 Å². The average Bonchev–Trinajstić information content (AvgIpc) is 2.24. The first-order chi connectivity index (χ1) is 8.84. The van der Waals surface area contributed by atoms with Crippen LogP contribution in [0.25, 0.3) is 0 Å². The van der Waals surface area contributed by atoms with Gasteiger partial charge in [0, 0.05) is 6.42 Å². The quantitative estimate of drug-likeness (QED) is 0.829. The largest absolute Gasteiger partial charge is 0.481 e. The summed E-state index contributed by atoms with van der Waals surface area (Å²) in [6.07, 6.45) is 7.41. The van der Waals surface area contributed by atoms with Gasteiger partial charge in [0.1, 0.15) is 0 Å². The van der Waals surface area contributed by atoms with E-state index >= 15 is 0 Å². The SMILES string of the molecule is CC(C)(C)C(CC(=O)O)C1C2CC3CC(C2)CC1C3. The first kappa shape index (κ1) is 13.5. The second-order valence-electron chi connectivity index (χ2n) is 8.58. The van der Waals surface area contributed by atoms with E-state index < -0.39 is 5.97 Å². The number of carbonyl (C=O) groups is 1. The molecule has 108 valence electrons. The topological polar surface area (TPSA) is 37.3 Å². The molecule has 4 aliphatic carbocycles. The second kappa shape index (κ2) is 4.49. The molecule has 0 aliphatic heterocycles. The summed E-state index contributed by atoms with van der Waals surface area (Å²) in [6, 6.07) is 0. The van der Waals surface area contributed by atoms with E-state index in [2.05, 4.69) is 20.8 Å². The summed E-state index contributed by atoms with van der Waals surface area (Å²) in [5.41, 5.74) is 0.123. The molecule has 1 unspecified atom stereocenters. The molecule has 4 rings (SSSR count). The van der Waals surface area contributed by atoms with Crippen molar-refractivity contribution in [3.63, 3.8) is 0 Å². The van der Waals surface area contributed by atoms with Crippen molar-refractivity contribution in [1.29, 1.82) is 0 Å². The van der Waals surface area contributed by atoms with Gasteiger partial charge in [0.25, 0.3) is 0 Å². The lowest BCUT2D eigenvalue weighted by molar-refractivity contribution is -0.143. The number of rotatable bonds is 3. The Morgan fingerprint density at radius 3 is 1.89 bits per heavy atom. The minimum absolute atomic E-state index is 0.123. The molecule has 19 heavy (non-hydrogen) atoms. The van der Waals surface area contributed by atoms with Crippen molar-refractivity contribution in [3.8, 4) is 0 Å². The normalized spacial score (nSPS) is 42.4. The molecule has 0 spiro atoms. The molecule has 0 amide bonds. The molecule has 2 heteroatoms. The number of carboxylic acids is 1. The lowest BCUT2D eigenvalue weighted by Gasteiger charge is -2.58. The third-order valence-corrected chi connectivity index (χ3v) is 6.27. The maximum Gasteiger partial charge on any atom is 0.303 e. The molecule has 4 saturated carbocycles. The number of aliphatic carboxylic acids is 1. The van der Waals surface area contributed by atoms with Gasteiger partial charge in [-0.2, -0.15) is 0 Å². The molecular weight excluding hydrogens is 236 g/mol. The number of hydrogen-bond donors (Lipinski definition) is 1. The van der Waals surface area contributed by atoms with Crippen LogP contribution in [0.1, 0.15) is 59.3 Å². The predicted molar refractivity (Wildman–Crippen MR) is 75.7 cm³/mol. The van der Waals surface area contributed by atoms with Crippen molar-refractivity contribution in [2.45, 2.75) is 59.3 Å². The van der Waals surface area contributed by atoms with Crippen LogP contribution in [-0.4, -0.2) is 11.1 Å². The van der Waals surface area contributed by atoms with E-state index in [0.717, 1.165) is 23.7 Å². The van der Waals surface area contributed by atoms with E-state index in [4.69, 9.17) is 0 Å². The molecule has 2 nitrogen and oxygen atoms in total. The summed E-state index contributed by atoms with van der Waals surface area (Å²) >= 11 is 0. The van der Waals surface area contributed by atoms with Crippen LogP contribution in [0.15, 0.2) is 0 Å². The minimum Gasteiger partial charge on any atom is -0.481 e. The highest BCUT2D eigenvalue weighted by Crippen LogP contribution is 2.60. The third-order valence-electron chi connectivity index (χ3n) is 6.27. The molecule has 1 atom stereocenters. The third kappa shape index (κ3) is 2.43.